The van der Waals surface area contributed by atoms with Gasteiger partial charge in [0.2, 0.25) is 0 Å². The van der Waals surface area contributed by atoms with Crippen molar-refractivity contribution in [2.24, 2.45) is 0 Å². The summed E-state index contributed by atoms with van der Waals surface area (Å²) in [4.78, 5) is 22.5. The first kappa shape index (κ1) is 15.1. The van der Waals surface area contributed by atoms with Crippen LogP contribution in [0.5, 0.6) is 0 Å². The molecule has 0 aliphatic carbocycles. The summed E-state index contributed by atoms with van der Waals surface area (Å²) < 4.78 is 0. The topological polar surface area (TPSA) is 74.6 Å². The van der Waals surface area contributed by atoms with Crippen molar-refractivity contribution in [2.45, 2.75) is 17.9 Å². The Morgan fingerprint density at radius 1 is 1.33 bits per heavy atom. The molecule has 98 valence electrons. The van der Waals surface area contributed by atoms with Crippen LogP contribution >= 0.6 is 27.5 Å². The predicted octanol–water partition coefficient (Wildman–Crippen LogP) is 2.51. The Hall–Kier alpha value is -0.910. The molecular formula is C12H12BrClO4. The molecule has 0 saturated carbocycles. The first-order valence-corrected chi connectivity index (χ1v) is 6.85. The van der Waals surface area contributed by atoms with Gasteiger partial charge in [-0.3, -0.25) is 4.79 Å². The zero-order chi connectivity index (χ0) is 13.7. The molecule has 0 spiro atoms. The monoisotopic (exact) mass is 334 g/mol. The summed E-state index contributed by atoms with van der Waals surface area (Å²) in [6, 6.07) is 4.59. The van der Waals surface area contributed by atoms with Gasteiger partial charge < -0.3 is 10.2 Å². The minimum absolute atomic E-state index is 0.174. The van der Waals surface area contributed by atoms with Gasteiger partial charge in [-0.15, -0.1) is 11.6 Å². The van der Waals surface area contributed by atoms with Crippen molar-refractivity contribution in [1.82, 2.24) is 0 Å². The number of rotatable bonds is 6. The number of carbonyl (C=O) groups excluding carboxylic acids is 1. The maximum absolute atomic E-state index is 11.7. The highest BCUT2D eigenvalue weighted by Gasteiger charge is 2.18. The number of carboxylic acid groups (broad SMARTS) is 1. The van der Waals surface area contributed by atoms with Gasteiger partial charge in [-0.2, -0.15) is 0 Å². The van der Waals surface area contributed by atoms with Crippen molar-refractivity contribution >= 4 is 39.3 Å². The van der Waals surface area contributed by atoms with E-state index in [1.54, 1.807) is 12.1 Å². The van der Waals surface area contributed by atoms with Gasteiger partial charge in [-0.1, -0.05) is 22.0 Å². The second-order valence-electron chi connectivity index (χ2n) is 3.70. The molecule has 4 nitrogen and oxygen atoms in total. The number of hydrogen-bond acceptors (Lipinski definition) is 3. The van der Waals surface area contributed by atoms with E-state index in [-0.39, 0.29) is 23.6 Å². The number of benzene rings is 1. The van der Waals surface area contributed by atoms with E-state index in [0.29, 0.717) is 10.9 Å². The van der Waals surface area contributed by atoms with Crippen LogP contribution in [0.4, 0.5) is 0 Å². The van der Waals surface area contributed by atoms with Gasteiger partial charge in [0.15, 0.2) is 11.9 Å². The number of halogens is 2. The summed E-state index contributed by atoms with van der Waals surface area (Å²) in [5.41, 5.74) is 1.28. The van der Waals surface area contributed by atoms with Crippen molar-refractivity contribution in [1.29, 1.82) is 0 Å². The molecule has 1 atom stereocenters. The molecule has 1 rings (SSSR count). The van der Waals surface area contributed by atoms with Gasteiger partial charge in [0.05, 0.1) is 0 Å². The van der Waals surface area contributed by atoms with Crippen LogP contribution in [0.2, 0.25) is 0 Å². The standard InChI is InChI=1S/C12H12BrClO4/c13-6-7-3-8(10(15)1-2-14)5-9(4-7)11(16)12(17)18/h3-5,11,16H,1-2,6H2,(H,17,18). The molecule has 0 bridgehead atoms. The van der Waals surface area contributed by atoms with Crippen LogP contribution in [-0.4, -0.2) is 27.8 Å². The highest BCUT2D eigenvalue weighted by molar-refractivity contribution is 9.08. The summed E-state index contributed by atoms with van der Waals surface area (Å²) in [6.45, 7) is 0. The molecule has 0 saturated heterocycles. The Bertz CT molecular complexity index is 461. The molecule has 6 heteroatoms. The van der Waals surface area contributed by atoms with Crippen molar-refractivity contribution in [2.75, 3.05) is 5.88 Å². The molecule has 1 aromatic carbocycles. The van der Waals surface area contributed by atoms with Crippen molar-refractivity contribution < 1.29 is 19.8 Å². The van der Waals surface area contributed by atoms with E-state index < -0.39 is 12.1 Å². The summed E-state index contributed by atoms with van der Waals surface area (Å²) in [6.07, 6.45) is -1.46. The third-order valence-electron chi connectivity index (χ3n) is 2.36. The third-order valence-corrected chi connectivity index (χ3v) is 3.20. The first-order valence-electron chi connectivity index (χ1n) is 5.19. The van der Waals surface area contributed by atoms with Crippen molar-refractivity contribution in [3.8, 4) is 0 Å². The Balaban J connectivity index is 3.16. The molecule has 0 amide bonds. The highest BCUT2D eigenvalue weighted by atomic mass is 79.9. The van der Waals surface area contributed by atoms with Crippen LogP contribution in [0.25, 0.3) is 0 Å². The van der Waals surface area contributed by atoms with E-state index in [1.165, 1.54) is 6.07 Å². The second kappa shape index (κ2) is 6.87. The number of Topliss-reactive ketones (excluding diaryl/α,β-unsaturated/α-hetero) is 1. The van der Waals surface area contributed by atoms with Gasteiger partial charge >= 0.3 is 5.97 Å². The lowest BCUT2D eigenvalue weighted by atomic mass is 9.99. The number of aliphatic hydroxyl groups excluding tert-OH is 1. The maximum atomic E-state index is 11.7. The van der Waals surface area contributed by atoms with Crippen LogP contribution < -0.4 is 0 Å². The van der Waals surface area contributed by atoms with E-state index in [2.05, 4.69) is 15.9 Å². The van der Waals surface area contributed by atoms with Crippen molar-refractivity contribution in [3.63, 3.8) is 0 Å². The molecule has 18 heavy (non-hydrogen) atoms. The Morgan fingerprint density at radius 2 is 2.00 bits per heavy atom. The number of carbonyl (C=O) groups is 2. The molecule has 1 aromatic rings. The van der Waals surface area contributed by atoms with Gasteiger partial charge in [0, 0.05) is 23.2 Å². The smallest absolute Gasteiger partial charge is 0.337 e. The molecule has 0 aromatic heterocycles. The fourth-order valence-corrected chi connectivity index (χ4v) is 1.98. The fourth-order valence-electron chi connectivity index (χ4n) is 1.49. The third kappa shape index (κ3) is 3.80. The average Bonchev–Trinajstić information content (AvgIpc) is 2.37. The lowest BCUT2D eigenvalue weighted by molar-refractivity contribution is -0.146. The lowest BCUT2D eigenvalue weighted by Crippen LogP contribution is -2.12. The van der Waals surface area contributed by atoms with Crippen LogP contribution in [0.3, 0.4) is 0 Å². The minimum Gasteiger partial charge on any atom is -0.479 e. The van der Waals surface area contributed by atoms with E-state index in [0.717, 1.165) is 5.56 Å². The molecule has 2 N–H and O–H groups in total. The number of aliphatic hydroxyl groups is 1. The lowest BCUT2D eigenvalue weighted by Gasteiger charge is -2.10. The Labute approximate surface area is 118 Å². The molecule has 0 heterocycles. The first-order chi connectivity index (χ1) is 8.49. The van der Waals surface area contributed by atoms with Crippen LogP contribution in [0, 0.1) is 0 Å². The molecular weight excluding hydrogens is 323 g/mol. The zero-order valence-corrected chi connectivity index (χ0v) is 11.7. The molecule has 0 fully saturated rings. The highest BCUT2D eigenvalue weighted by Crippen LogP contribution is 2.20. The van der Waals surface area contributed by atoms with Crippen LogP contribution in [0.1, 0.15) is 34.0 Å². The minimum atomic E-state index is -1.63. The van der Waals surface area contributed by atoms with Crippen LogP contribution in [0.15, 0.2) is 18.2 Å². The van der Waals surface area contributed by atoms with Gasteiger partial charge in [0.1, 0.15) is 0 Å². The molecule has 0 aliphatic rings. The van der Waals surface area contributed by atoms with E-state index >= 15 is 0 Å². The molecule has 0 radical (unpaired) electrons. The number of aliphatic carboxylic acids is 1. The number of ketones is 1. The SMILES string of the molecule is O=C(CCCl)c1cc(CBr)cc(C(O)C(=O)O)c1. The van der Waals surface area contributed by atoms with E-state index in [4.69, 9.17) is 16.7 Å². The molecule has 0 aliphatic heterocycles. The Morgan fingerprint density at radius 3 is 2.50 bits per heavy atom. The quantitative estimate of drug-likeness (QED) is 0.619. The van der Waals surface area contributed by atoms with E-state index in [1.807, 2.05) is 0 Å². The predicted molar refractivity (Wildman–Crippen MR) is 71.3 cm³/mol. The summed E-state index contributed by atoms with van der Waals surface area (Å²) >= 11 is 8.73. The average molecular weight is 336 g/mol. The normalized spacial score (nSPS) is 12.2. The Kier molecular flexibility index (Phi) is 5.78. The van der Waals surface area contributed by atoms with E-state index in [9.17, 15) is 14.7 Å². The number of hydrogen-bond donors (Lipinski definition) is 2. The molecule has 1 unspecified atom stereocenters. The second-order valence-corrected chi connectivity index (χ2v) is 4.64. The number of carboxylic acids is 1. The maximum Gasteiger partial charge on any atom is 0.337 e. The van der Waals surface area contributed by atoms with Gasteiger partial charge in [0.25, 0.3) is 0 Å². The summed E-state index contributed by atoms with van der Waals surface area (Å²) in [5, 5.41) is 18.7. The van der Waals surface area contributed by atoms with Crippen molar-refractivity contribution in [3.05, 3.63) is 34.9 Å². The van der Waals surface area contributed by atoms with Gasteiger partial charge in [-0.05, 0) is 23.3 Å². The summed E-state index contributed by atoms with van der Waals surface area (Å²) in [5.74, 6) is -1.32. The summed E-state index contributed by atoms with van der Waals surface area (Å²) in [7, 11) is 0. The fraction of sp³-hybridized carbons (Fsp3) is 0.333. The largest absolute Gasteiger partial charge is 0.479 e. The van der Waals surface area contributed by atoms with Crippen LogP contribution in [-0.2, 0) is 10.1 Å². The van der Waals surface area contributed by atoms with Gasteiger partial charge in [-0.25, -0.2) is 4.79 Å². The zero-order valence-electron chi connectivity index (χ0n) is 9.40. The number of alkyl halides is 2.